The van der Waals surface area contributed by atoms with Crippen molar-refractivity contribution in [3.8, 4) is 10.6 Å². The Morgan fingerprint density at radius 3 is 2.70 bits per heavy atom. The number of fused-ring (bicyclic) bond motifs is 2. The molecular formula is C25H26ClN3OS3. The van der Waals surface area contributed by atoms with Crippen molar-refractivity contribution in [3.05, 3.63) is 65.0 Å². The molecule has 0 aliphatic carbocycles. The fourth-order valence-electron chi connectivity index (χ4n) is 3.99. The number of hydrogen-bond acceptors (Lipinski definition) is 6. The summed E-state index contributed by atoms with van der Waals surface area (Å²) in [6.45, 7) is 5.26. The van der Waals surface area contributed by atoms with Crippen molar-refractivity contribution in [2.75, 3.05) is 24.2 Å². The van der Waals surface area contributed by atoms with Crippen LogP contribution in [-0.2, 0) is 17.8 Å². The van der Waals surface area contributed by atoms with Crippen LogP contribution in [0.5, 0.6) is 0 Å². The molecule has 0 radical (unpaired) electrons. The second-order valence-electron chi connectivity index (χ2n) is 7.77. The van der Waals surface area contributed by atoms with Gasteiger partial charge >= 0.3 is 0 Å². The number of amides is 1. The number of thioether (sulfide) groups is 1. The highest BCUT2D eigenvalue weighted by Gasteiger charge is 2.27. The monoisotopic (exact) mass is 515 g/mol. The second-order valence-corrected chi connectivity index (χ2v) is 11.1. The lowest BCUT2D eigenvalue weighted by Crippen LogP contribution is -2.29. The van der Waals surface area contributed by atoms with E-state index in [0.29, 0.717) is 6.42 Å². The highest BCUT2D eigenvalue weighted by atomic mass is 35.5. The Kier molecular flexibility index (Phi) is 8.09. The first-order valence-electron chi connectivity index (χ1n) is 10.9. The van der Waals surface area contributed by atoms with Gasteiger partial charge in [0.1, 0.15) is 10.0 Å². The lowest BCUT2D eigenvalue weighted by atomic mass is 10.0. The van der Waals surface area contributed by atoms with Gasteiger partial charge in [0.15, 0.2) is 0 Å². The maximum absolute atomic E-state index is 12.8. The number of thiazole rings is 1. The number of likely N-dealkylation sites (N-methyl/N-ethyl adjacent to an activating group) is 1. The molecule has 1 N–H and O–H groups in total. The molecule has 0 saturated carbocycles. The fraction of sp³-hybridized carbons (Fsp3) is 0.280. The van der Waals surface area contributed by atoms with Crippen LogP contribution in [0.15, 0.2) is 59.5 Å². The molecule has 33 heavy (non-hydrogen) atoms. The summed E-state index contributed by atoms with van der Waals surface area (Å²) in [7, 11) is 0. The maximum Gasteiger partial charge on any atom is 0.225 e. The number of benzene rings is 2. The van der Waals surface area contributed by atoms with E-state index < -0.39 is 0 Å². The van der Waals surface area contributed by atoms with Gasteiger partial charge in [0.05, 0.1) is 10.2 Å². The molecule has 4 nitrogen and oxygen atoms in total. The highest BCUT2D eigenvalue weighted by molar-refractivity contribution is 7.99. The molecule has 172 valence electrons. The summed E-state index contributed by atoms with van der Waals surface area (Å²) in [5.41, 5.74) is 3.54. The number of carbonyl (C=O) groups is 1. The number of anilines is 1. The lowest BCUT2D eigenvalue weighted by molar-refractivity contribution is -0.115. The highest BCUT2D eigenvalue weighted by Crippen LogP contribution is 2.45. The summed E-state index contributed by atoms with van der Waals surface area (Å²) < 4.78 is 1.19. The molecule has 0 unspecified atom stereocenters. The van der Waals surface area contributed by atoms with E-state index in [9.17, 15) is 4.79 Å². The van der Waals surface area contributed by atoms with Crippen LogP contribution < -0.4 is 5.32 Å². The Hall–Kier alpha value is -1.90. The zero-order valence-electron chi connectivity index (χ0n) is 18.4. The predicted molar refractivity (Wildman–Crippen MR) is 145 cm³/mol. The molecule has 0 spiro atoms. The third-order valence-electron chi connectivity index (χ3n) is 5.68. The quantitative estimate of drug-likeness (QED) is 0.270. The standard InChI is InChI=1S/C25H25N3OS3.ClH/c1-2-28-14-12-18-21(16-28)32-25(23(18)24-26-19-10-6-7-11-20(19)31-24)27-22(29)13-15-30-17-8-4-3-5-9-17;/h3-11H,2,12-16H2,1H3,(H,27,29);1H. The summed E-state index contributed by atoms with van der Waals surface area (Å²) in [4.78, 5) is 22.8. The number of halogens is 1. The normalized spacial score (nSPS) is 13.5. The number of para-hydroxylation sites is 1. The van der Waals surface area contributed by atoms with Gasteiger partial charge in [-0.15, -0.1) is 46.8 Å². The average Bonchev–Trinajstić information content (AvgIpc) is 3.39. The minimum atomic E-state index is 0. The number of thiophene rings is 1. The van der Waals surface area contributed by atoms with Gasteiger partial charge < -0.3 is 5.32 Å². The first-order valence-corrected chi connectivity index (χ1v) is 13.5. The van der Waals surface area contributed by atoms with Gasteiger partial charge in [-0.2, -0.15) is 0 Å². The molecule has 5 rings (SSSR count). The summed E-state index contributed by atoms with van der Waals surface area (Å²) in [5.74, 6) is 0.836. The predicted octanol–water partition coefficient (Wildman–Crippen LogP) is 6.95. The molecule has 2 aromatic heterocycles. The SMILES string of the molecule is CCN1CCc2c(sc(NC(=O)CCSc3ccccc3)c2-c2nc3ccccc3s2)C1.Cl. The van der Waals surface area contributed by atoms with Crippen LogP contribution in [0.4, 0.5) is 5.00 Å². The summed E-state index contributed by atoms with van der Waals surface area (Å²) >= 11 is 5.17. The molecule has 0 atom stereocenters. The second kappa shape index (κ2) is 11.0. The smallest absolute Gasteiger partial charge is 0.225 e. The zero-order chi connectivity index (χ0) is 21.9. The number of rotatable bonds is 7. The first-order chi connectivity index (χ1) is 15.7. The Balaban J connectivity index is 0.00000259. The summed E-state index contributed by atoms with van der Waals surface area (Å²) in [5, 5.41) is 5.22. The Bertz CT molecular complexity index is 1210. The van der Waals surface area contributed by atoms with Crippen molar-refractivity contribution >= 4 is 68.0 Å². The minimum absolute atomic E-state index is 0. The van der Waals surface area contributed by atoms with Crippen LogP contribution in [0.3, 0.4) is 0 Å². The van der Waals surface area contributed by atoms with E-state index in [1.807, 2.05) is 24.3 Å². The molecule has 8 heteroatoms. The molecule has 0 saturated heterocycles. The number of nitrogens with one attached hydrogen (secondary N) is 1. The third-order valence-corrected chi connectivity index (χ3v) is 8.88. The van der Waals surface area contributed by atoms with E-state index >= 15 is 0 Å². The van der Waals surface area contributed by atoms with Crippen molar-refractivity contribution in [3.63, 3.8) is 0 Å². The van der Waals surface area contributed by atoms with Crippen LogP contribution >= 0.6 is 46.8 Å². The van der Waals surface area contributed by atoms with Gasteiger partial charge in [0, 0.05) is 40.6 Å². The zero-order valence-corrected chi connectivity index (χ0v) is 21.6. The van der Waals surface area contributed by atoms with Crippen LogP contribution in [-0.4, -0.2) is 34.6 Å². The first kappa shape index (κ1) is 24.2. The number of carbonyl (C=O) groups excluding carboxylic acids is 1. The van der Waals surface area contributed by atoms with Crippen molar-refractivity contribution in [1.29, 1.82) is 0 Å². The minimum Gasteiger partial charge on any atom is -0.317 e. The molecular weight excluding hydrogens is 490 g/mol. The van der Waals surface area contributed by atoms with Gasteiger partial charge in [0.2, 0.25) is 5.91 Å². The molecule has 3 heterocycles. The van der Waals surface area contributed by atoms with E-state index in [0.717, 1.165) is 52.9 Å². The number of nitrogens with zero attached hydrogens (tertiary/aromatic N) is 2. The Labute approximate surface area is 212 Å². The molecule has 0 fully saturated rings. The van der Waals surface area contributed by atoms with Crippen LogP contribution in [0, 0.1) is 0 Å². The molecule has 1 amide bonds. The summed E-state index contributed by atoms with van der Waals surface area (Å²) in [6.07, 6.45) is 1.49. The third kappa shape index (κ3) is 5.44. The van der Waals surface area contributed by atoms with E-state index in [4.69, 9.17) is 4.98 Å². The maximum atomic E-state index is 12.8. The van der Waals surface area contributed by atoms with Crippen molar-refractivity contribution < 1.29 is 4.79 Å². The molecule has 4 aromatic rings. The van der Waals surface area contributed by atoms with Crippen LogP contribution in [0.2, 0.25) is 0 Å². The van der Waals surface area contributed by atoms with E-state index in [-0.39, 0.29) is 18.3 Å². The van der Waals surface area contributed by atoms with Crippen molar-refractivity contribution in [2.24, 2.45) is 0 Å². The van der Waals surface area contributed by atoms with Crippen LogP contribution in [0.1, 0.15) is 23.8 Å². The number of aromatic nitrogens is 1. The van der Waals surface area contributed by atoms with Gasteiger partial charge in [-0.25, -0.2) is 4.98 Å². The molecule has 0 bridgehead atoms. The fourth-order valence-corrected chi connectivity index (χ4v) is 7.28. The largest absolute Gasteiger partial charge is 0.317 e. The van der Waals surface area contributed by atoms with Crippen molar-refractivity contribution in [2.45, 2.75) is 31.2 Å². The Morgan fingerprint density at radius 2 is 1.91 bits per heavy atom. The Morgan fingerprint density at radius 1 is 1.12 bits per heavy atom. The molecule has 1 aliphatic heterocycles. The lowest BCUT2D eigenvalue weighted by Gasteiger charge is -2.25. The van der Waals surface area contributed by atoms with E-state index in [2.05, 4.69) is 47.5 Å². The van der Waals surface area contributed by atoms with Gasteiger partial charge in [-0.05, 0) is 42.8 Å². The van der Waals surface area contributed by atoms with Gasteiger partial charge in [-0.3, -0.25) is 9.69 Å². The number of hydrogen-bond donors (Lipinski definition) is 1. The van der Waals surface area contributed by atoms with Crippen LogP contribution in [0.25, 0.3) is 20.8 Å². The topological polar surface area (TPSA) is 45.2 Å². The van der Waals surface area contributed by atoms with Gasteiger partial charge in [0.25, 0.3) is 0 Å². The van der Waals surface area contributed by atoms with E-state index in [1.54, 1.807) is 34.4 Å². The molecule has 1 aliphatic rings. The van der Waals surface area contributed by atoms with Gasteiger partial charge in [-0.1, -0.05) is 37.3 Å². The van der Waals surface area contributed by atoms with Crippen molar-refractivity contribution in [1.82, 2.24) is 9.88 Å². The average molecular weight is 516 g/mol. The molecule has 2 aromatic carbocycles. The van der Waals surface area contributed by atoms with E-state index in [1.165, 1.54) is 20.0 Å². The summed E-state index contributed by atoms with van der Waals surface area (Å²) in [6, 6.07) is 18.5.